The van der Waals surface area contributed by atoms with Gasteiger partial charge < -0.3 is 5.32 Å². The SMILES string of the molecule is CSc1ccc(CN(C)[C@H](C)C(=O)Nc2ccc(C)cc2)cc1. The van der Waals surface area contributed by atoms with Gasteiger partial charge in [0.25, 0.3) is 0 Å². The maximum Gasteiger partial charge on any atom is 0.241 e. The van der Waals surface area contributed by atoms with Crippen molar-refractivity contribution >= 4 is 23.4 Å². The summed E-state index contributed by atoms with van der Waals surface area (Å²) in [7, 11) is 1.97. The van der Waals surface area contributed by atoms with Crippen LogP contribution in [0.25, 0.3) is 0 Å². The molecule has 0 aliphatic carbocycles. The van der Waals surface area contributed by atoms with Gasteiger partial charge in [0.15, 0.2) is 0 Å². The third kappa shape index (κ3) is 5.12. The Morgan fingerprint density at radius 3 is 2.30 bits per heavy atom. The van der Waals surface area contributed by atoms with E-state index in [1.807, 2.05) is 45.2 Å². The Kier molecular flexibility index (Phi) is 6.25. The highest BCUT2D eigenvalue weighted by Gasteiger charge is 2.18. The molecule has 0 radical (unpaired) electrons. The molecule has 0 heterocycles. The van der Waals surface area contributed by atoms with E-state index >= 15 is 0 Å². The molecule has 3 nitrogen and oxygen atoms in total. The Morgan fingerprint density at radius 2 is 1.74 bits per heavy atom. The summed E-state index contributed by atoms with van der Waals surface area (Å²) in [5.41, 5.74) is 3.23. The number of hydrogen-bond acceptors (Lipinski definition) is 3. The minimum absolute atomic E-state index is 0.0112. The molecule has 1 N–H and O–H groups in total. The molecule has 0 spiro atoms. The zero-order valence-corrected chi connectivity index (χ0v) is 15.0. The number of nitrogens with zero attached hydrogens (tertiary/aromatic N) is 1. The summed E-state index contributed by atoms with van der Waals surface area (Å²) in [5, 5.41) is 2.97. The Balaban J connectivity index is 1.93. The quantitative estimate of drug-likeness (QED) is 0.808. The fourth-order valence-corrected chi connectivity index (χ4v) is 2.65. The number of carbonyl (C=O) groups is 1. The summed E-state index contributed by atoms with van der Waals surface area (Å²) in [6.45, 7) is 4.71. The van der Waals surface area contributed by atoms with Gasteiger partial charge in [0.2, 0.25) is 5.91 Å². The maximum absolute atomic E-state index is 12.4. The van der Waals surface area contributed by atoms with Gasteiger partial charge in [-0.3, -0.25) is 9.69 Å². The lowest BCUT2D eigenvalue weighted by molar-refractivity contribution is -0.120. The number of benzene rings is 2. The molecule has 0 aliphatic heterocycles. The van der Waals surface area contributed by atoms with Gasteiger partial charge in [-0.1, -0.05) is 29.8 Å². The second-order valence-electron chi connectivity index (χ2n) is 5.79. The second kappa shape index (κ2) is 8.18. The highest BCUT2D eigenvalue weighted by molar-refractivity contribution is 7.98. The predicted molar refractivity (Wildman–Crippen MR) is 99.0 cm³/mol. The van der Waals surface area contributed by atoms with Crippen LogP contribution in [-0.2, 0) is 11.3 Å². The smallest absolute Gasteiger partial charge is 0.241 e. The van der Waals surface area contributed by atoms with Gasteiger partial charge >= 0.3 is 0 Å². The van der Waals surface area contributed by atoms with E-state index in [2.05, 4.69) is 40.7 Å². The van der Waals surface area contributed by atoms with Crippen LogP contribution >= 0.6 is 11.8 Å². The van der Waals surface area contributed by atoms with Crippen LogP contribution in [-0.4, -0.2) is 30.2 Å². The molecular formula is C19H24N2OS. The highest BCUT2D eigenvalue weighted by Crippen LogP contribution is 2.16. The fourth-order valence-electron chi connectivity index (χ4n) is 2.24. The number of rotatable bonds is 6. The Bertz CT molecular complexity index is 637. The van der Waals surface area contributed by atoms with Crippen molar-refractivity contribution in [3.8, 4) is 0 Å². The van der Waals surface area contributed by atoms with Crippen molar-refractivity contribution in [2.45, 2.75) is 31.3 Å². The molecule has 1 amide bonds. The lowest BCUT2D eigenvalue weighted by Crippen LogP contribution is -2.39. The molecule has 4 heteroatoms. The second-order valence-corrected chi connectivity index (χ2v) is 6.67. The summed E-state index contributed by atoms with van der Waals surface area (Å²) in [5.74, 6) is 0.0112. The number of nitrogens with one attached hydrogen (secondary N) is 1. The van der Waals surface area contributed by atoms with Crippen LogP contribution in [0, 0.1) is 6.92 Å². The third-order valence-electron chi connectivity index (χ3n) is 3.95. The molecule has 0 unspecified atom stereocenters. The molecular weight excluding hydrogens is 304 g/mol. The summed E-state index contributed by atoms with van der Waals surface area (Å²) in [4.78, 5) is 15.7. The molecule has 0 saturated carbocycles. The number of anilines is 1. The minimum Gasteiger partial charge on any atom is -0.325 e. The zero-order valence-electron chi connectivity index (χ0n) is 14.2. The van der Waals surface area contributed by atoms with Crippen LogP contribution in [0.4, 0.5) is 5.69 Å². The number of hydrogen-bond donors (Lipinski definition) is 1. The first-order valence-electron chi connectivity index (χ1n) is 7.70. The number of amides is 1. The van der Waals surface area contributed by atoms with Crippen molar-refractivity contribution in [1.82, 2.24) is 4.90 Å². The molecule has 0 aliphatic rings. The largest absolute Gasteiger partial charge is 0.325 e. The van der Waals surface area contributed by atoms with Crippen molar-refractivity contribution in [1.29, 1.82) is 0 Å². The van der Waals surface area contributed by atoms with E-state index < -0.39 is 0 Å². The van der Waals surface area contributed by atoms with Crippen LogP contribution < -0.4 is 5.32 Å². The Morgan fingerprint density at radius 1 is 1.13 bits per heavy atom. The van der Waals surface area contributed by atoms with E-state index in [1.165, 1.54) is 16.0 Å². The van der Waals surface area contributed by atoms with Gasteiger partial charge in [0.05, 0.1) is 6.04 Å². The van der Waals surface area contributed by atoms with Crippen LogP contribution in [0.5, 0.6) is 0 Å². The third-order valence-corrected chi connectivity index (χ3v) is 4.69. The molecule has 0 aromatic heterocycles. The first-order chi connectivity index (χ1) is 11.0. The number of thioether (sulfide) groups is 1. The van der Waals surface area contributed by atoms with Gasteiger partial charge in [0, 0.05) is 17.1 Å². The molecule has 2 rings (SSSR count). The van der Waals surface area contributed by atoms with Gasteiger partial charge in [-0.15, -0.1) is 11.8 Å². The van der Waals surface area contributed by atoms with Crippen LogP contribution in [0.15, 0.2) is 53.4 Å². The average Bonchev–Trinajstić information content (AvgIpc) is 2.56. The fraction of sp³-hybridized carbons (Fsp3) is 0.316. The first kappa shape index (κ1) is 17.6. The minimum atomic E-state index is -0.198. The number of carbonyl (C=O) groups excluding carboxylic acids is 1. The Labute approximate surface area is 143 Å². The first-order valence-corrected chi connectivity index (χ1v) is 8.93. The molecule has 0 bridgehead atoms. The number of aryl methyl sites for hydroxylation is 1. The summed E-state index contributed by atoms with van der Waals surface area (Å²) >= 11 is 1.73. The number of likely N-dealkylation sites (N-methyl/N-ethyl adjacent to an activating group) is 1. The lowest BCUT2D eigenvalue weighted by Gasteiger charge is -2.24. The van der Waals surface area contributed by atoms with Gasteiger partial charge in [0.1, 0.15) is 0 Å². The maximum atomic E-state index is 12.4. The van der Waals surface area contributed by atoms with E-state index in [0.717, 1.165) is 12.2 Å². The molecule has 0 saturated heterocycles. The molecule has 0 fully saturated rings. The molecule has 2 aromatic rings. The molecule has 23 heavy (non-hydrogen) atoms. The zero-order chi connectivity index (χ0) is 16.8. The van der Waals surface area contributed by atoms with Crippen molar-refractivity contribution in [2.24, 2.45) is 0 Å². The van der Waals surface area contributed by atoms with E-state index in [9.17, 15) is 4.79 Å². The van der Waals surface area contributed by atoms with E-state index in [1.54, 1.807) is 11.8 Å². The van der Waals surface area contributed by atoms with Gasteiger partial charge in [-0.05, 0) is 57.0 Å². The van der Waals surface area contributed by atoms with E-state index in [0.29, 0.717) is 0 Å². The summed E-state index contributed by atoms with van der Waals surface area (Å²) in [6, 6.07) is 16.1. The van der Waals surface area contributed by atoms with E-state index in [-0.39, 0.29) is 11.9 Å². The predicted octanol–water partition coefficient (Wildman–Crippen LogP) is 4.18. The standard InChI is InChI=1S/C19H24N2OS/c1-14-5-9-17(10-6-14)20-19(22)15(2)21(3)13-16-7-11-18(23-4)12-8-16/h5-12,15H,13H2,1-4H3,(H,20,22)/t15-/m1/s1. The molecule has 122 valence electrons. The van der Waals surface area contributed by atoms with Gasteiger partial charge in [-0.25, -0.2) is 0 Å². The Hall–Kier alpha value is -1.78. The van der Waals surface area contributed by atoms with Gasteiger partial charge in [-0.2, -0.15) is 0 Å². The topological polar surface area (TPSA) is 32.3 Å². The normalized spacial score (nSPS) is 12.2. The summed E-state index contributed by atoms with van der Waals surface area (Å²) in [6.07, 6.45) is 2.07. The monoisotopic (exact) mass is 328 g/mol. The molecule has 2 aromatic carbocycles. The highest BCUT2D eigenvalue weighted by atomic mass is 32.2. The van der Waals surface area contributed by atoms with Crippen molar-refractivity contribution in [2.75, 3.05) is 18.6 Å². The van der Waals surface area contributed by atoms with Crippen molar-refractivity contribution in [3.05, 3.63) is 59.7 Å². The average molecular weight is 328 g/mol. The molecule has 1 atom stereocenters. The van der Waals surface area contributed by atoms with E-state index in [4.69, 9.17) is 0 Å². The van der Waals surface area contributed by atoms with Crippen LogP contribution in [0.3, 0.4) is 0 Å². The van der Waals surface area contributed by atoms with Crippen LogP contribution in [0.2, 0.25) is 0 Å². The lowest BCUT2D eigenvalue weighted by atomic mass is 10.2. The summed E-state index contributed by atoms with van der Waals surface area (Å²) < 4.78 is 0. The van der Waals surface area contributed by atoms with Crippen LogP contribution in [0.1, 0.15) is 18.1 Å². The van der Waals surface area contributed by atoms with Crippen molar-refractivity contribution < 1.29 is 4.79 Å². The van der Waals surface area contributed by atoms with Crippen molar-refractivity contribution in [3.63, 3.8) is 0 Å².